The highest BCUT2D eigenvalue weighted by Crippen LogP contribution is 2.54. The fourth-order valence-electron chi connectivity index (χ4n) is 15.1. The molecule has 0 N–H and O–H groups in total. The first-order valence-corrected chi connectivity index (χ1v) is 30.2. The summed E-state index contributed by atoms with van der Waals surface area (Å²) in [5, 5.41) is 30.8. The van der Waals surface area contributed by atoms with Crippen LogP contribution in [-0.4, -0.2) is 18.3 Å². The Labute approximate surface area is 501 Å². The van der Waals surface area contributed by atoms with Crippen molar-refractivity contribution in [3.05, 3.63) is 284 Å². The monoisotopic (exact) mass is 1120 g/mol. The van der Waals surface area contributed by atoms with E-state index in [2.05, 4.69) is 291 Å². The molecule has 0 unspecified atom stereocenters. The van der Waals surface area contributed by atoms with Gasteiger partial charge in [0.05, 0.1) is 83.7 Å². The number of para-hydroxylation sites is 6. The molecule has 0 bridgehead atoms. The van der Waals surface area contributed by atoms with Crippen LogP contribution in [0.5, 0.6) is 0 Å². The van der Waals surface area contributed by atoms with E-state index in [9.17, 15) is 11.8 Å². The summed E-state index contributed by atoms with van der Waals surface area (Å²) in [7, 11) is 0. The van der Waals surface area contributed by atoms with E-state index in [1.54, 1.807) is 11.3 Å². The molecule has 0 saturated carbocycles. The molecule has 0 spiro atoms. The maximum Gasteiger partial charge on any atom is 0.237 e. The molecule has 6 nitrogen and oxygen atoms in total. The standard InChI is InChI=1S/C80H44N6S/c1-82-74-75(83-65-34-13-6-24-52(65)53-25-7-14-35-66(53)83)64(46-81)76(84-67-36-15-8-26-54(67)55-27-9-16-37-68(55)84)79(78(74)85-69-38-17-10-28-56(69)57-29-11-18-39-70(57)85)86-71-45-47(41-42-58(71)62-43-44-63-59-30-12-19-40-72(59)87-80(63)77(62)86)48-32-20-33-61-51-22-3-2-21-49(51)50-23-4-5-31-60(50)73(48)61/h2-45H. The number of fused-ring (bicyclic) bond motifs is 22. The third-order valence-electron chi connectivity index (χ3n) is 18.6. The normalized spacial score (nSPS) is 12.1. The minimum absolute atomic E-state index is 0.353. The van der Waals surface area contributed by atoms with Crippen molar-refractivity contribution in [1.82, 2.24) is 18.3 Å². The van der Waals surface area contributed by atoms with E-state index in [-0.39, 0.29) is 0 Å². The fraction of sp³-hybridized carbons (Fsp3) is 0. The maximum atomic E-state index is 12.8. The molecule has 0 saturated heterocycles. The van der Waals surface area contributed by atoms with E-state index in [4.69, 9.17) is 4.85 Å². The van der Waals surface area contributed by atoms with Crippen molar-refractivity contribution < 1.29 is 0 Å². The van der Waals surface area contributed by atoms with Crippen molar-refractivity contribution in [2.45, 2.75) is 0 Å². The maximum absolute atomic E-state index is 12.8. The molecule has 0 fully saturated rings. The van der Waals surface area contributed by atoms with Gasteiger partial charge in [-0.3, -0.25) is 0 Å². The van der Waals surface area contributed by atoms with Crippen LogP contribution in [0.1, 0.15) is 5.56 Å². The topological polar surface area (TPSA) is 47.9 Å². The minimum Gasteiger partial charge on any atom is -0.318 e. The Morgan fingerprint density at radius 1 is 0.322 bits per heavy atom. The van der Waals surface area contributed by atoms with Gasteiger partial charge in [-0.05, 0) is 92.0 Å². The first-order chi connectivity index (χ1) is 43.2. The minimum atomic E-state index is 0.353. The van der Waals surface area contributed by atoms with Gasteiger partial charge in [0.25, 0.3) is 0 Å². The first kappa shape index (κ1) is 47.7. The average Bonchev–Trinajstić information content (AvgIpc) is 1.64. The number of aromatic nitrogens is 4. The van der Waals surface area contributed by atoms with Gasteiger partial charge in [-0.15, -0.1) is 11.3 Å². The van der Waals surface area contributed by atoms with Crippen LogP contribution in [-0.2, 0) is 0 Å². The van der Waals surface area contributed by atoms with Gasteiger partial charge in [0, 0.05) is 58.6 Å². The highest BCUT2D eigenvalue weighted by molar-refractivity contribution is 7.26. The highest BCUT2D eigenvalue weighted by atomic mass is 32.1. The summed E-state index contributed by atoms with van der Waals surface area (Å²) >= 11 is 1.80. The molecule has 19 rings (SSSR count). The molecule has 0 amide bonds. The number of nitriles is 1. The molecule has 87 heavy (non-hydrogen) atoms. The molecule has 0 aliphatic carbocycles. The lowest BCUT2D eigenvalue weighted by Gasteiger charge is -2.27. The van der Waals surface area contributed by atoms with Crippen LogP contribution in [0.25, 0.3) is 178 Å². The molecule has 5 heterocycles. The Bertz CT molecular complexity index is 6010. The Hall–Kier alpha value is -11.7. The summed E-state index contributed by atoms with van der Waals surface area (Å²) < 4.78 is 11.7. The Kier molecular flexibility index (Phi) is 9.81. The molecule has 14 aromatic carbocycles. The average molecular weight is 1120 g/mol. The van der Waals surface area contributed by atoms with Crippen LogP contribution >= 0.6 is 11.3 Å². The van der Waals surface area contributed by atoms with Gasteiger partial charge in [0.2, 0.25) is 5.69 Å². The van der Waals surface area contributed by atoms with Gasteiger partial charge < -0.3 is 18.3 Å². The predicted octanol–water partition coefficient (Wildman–Crippen LogP) is 22.0. The summed E-state index contributed by atoms with van der Waals surface area (Å²) in [6, 6.07) is 98.8. The summed E-state index contributed by atoms with van der Waals surface area (Å²) in [4.78, 5) is 4.88. The summed E-state index contributed by atoms with van der Waals surface area (Å²) in [6.45, 7) is 10.0. The van der Waals surface area contributed by atoms with Gasteiger partial charge in [0.15, 0.2) is 0 Å². The van der Waals surface area contributed by atoms with Crippen LogP contribution in [0.4, 0.5) is 5.69 Å². The van der Waals surface area contributed by atoms with Crippen LogP contribution in [0.2, 0.25) is 0 Å². The van der Waals surface area contributed by atoms with Gasteiger partial charge in [0.1, 0.15) is 6.07 Å². The number of rotatable bonds is 5. The largest absolute Gasteiger partial charge is 0.318 e. The number of thiophene rings is 1. The summed E-state index contributed by atoms with van der Waals surface area (Å²) in [6.07, 6.45) is 0. The zero-order valence-electron chi connectivity index (χ0n) is 46.5. The second kappa shape index (κ2) is 17.9. The Morgan fingerprint density at radius 2 is 0.713 bits per heavy atom. The fourth-order valence-corrected chi connectivity index (χ4v) is 16.4. The van der Waals surface area contributed by atoms with E-state index in [0.717, 1.165) is 114 Å². The summed E-state index contributed by atoms with van der Waals surface area (Å²) in [5.41, 5.74) is 13.0. The summed E-state index contributed by atoms with van der Waals surface area (Å²) in [5.74, 6) is 0. The van der Waals surface area contributed by atoms with E-state index >= 15 is 0 Å². The van der Waals surface area contributed by atoms with E-state index < -0.39 is 0 Å². The quantitative estimate of drug-likeness (QED) is 0.125. The SMILES string of the molecule is [C-]#[N+]c1c(-n2c3ccccc3c3ccccc32)c(C#N)c(-n2c3ccccc3c3ccccc32)c(-n2c3cc(-c4cccc5c6ccccc6c6ccccc6c45)ccc3c3ccc4c5ccccc5sc4c32)c1-n1c2ccccc2c2ccccc21. The first-order valence-electron chi connectivity index (χ1n) is 29.4. The van der Waals surface area contributed by atoms with Crippen LogP contribution < -0.4 is 0 Å². The van der Waals surface area contributed by atoms with Crippen molar-refractivity contribution in [3.8, 4) is 39.9 Å². The van der Waals surface area contributed by atoms with E-state index in [1.807, 2.05) is 0 Å². The molecular formula is C80H44N6S. The lowest BCUT2D eigenvalue weighted by Crippen LogP contribution is -2.14. The van der Waals surface area contributed by atoms with Gasteiger partial charge in [-0.2, -0.15) is 5.26 Å². The second-order valence-electron chi connectivity index (χ2n) is 22.8. The third kappa shape index (κ3) is 6.34. The number of hydrogen-bond donors (Lipinski definition) is 0. The van der Waals surface area contributed by atoms with Gasteiger partial charge in [-0.25, -0.2) is 4.85 Å². The lowest BCUT2D eigenvalue weighted by atomic mass is 9.89. The lowest BCUT2D eigenvalue weighted by molar-refractivity contribution is 1.04. The zero-order chi connectivity index (χ0) is 57.2. The molecule has 0 radical (unpaired) electrons. The van der Waals surface area contributed by atoms with E-state index in [1.165, 1.54) is 42.4 Å². The van der Waals surface area contributed by atoms with Crippen LogP contribution in [0.3, 0.4) is 0 Å². The third-order valence-corrected chi connectivity index (χ3v) is 19.8. The second-order valence-corrected chi connectivity index (χ2v) is 23.8. The molecular weight excluding hydrogens is 1080 g/mol. The van der Waals surface area contributed by atoms with Crippen molar-refractivity contribution in [2.75, 3.05) is 0 Å². The molecule has 0 atom stereocenters. The van der Waals surface area contributed by atoms with Crippen LogP contribution in [0, 0.1) is 17.9 Å². The van der Waals surface area contributed by atoms with Crippen molar-refractivity contribution >= 4 is 157 Å². The molecule has 19 aromatic rings. The van der Waals surface area contributed by atoms with Gasteiger partial charge >= 0.3 is 0 Å². The highest BCUT2D eigenvalue weighted by Gasteiger charge is 2.35. The predicted molar refractivity (Wildman–Crippen MR) is 366 cm³/mol. The Balaban J connectivity index is 1.11. The van der Waals surface area contributed by atoms with Crippen molar-refractivity contribution in [3.63, 3.8) is 0 Å². The molecule has 5 aromatic heterocycles. The van der Waals surface area contributed by atoms with Crippen LogP contribution in [0.15, 0.2) is 267 Å². The number of benzene rings is 14. The molecule has 0 aliphatic rings. The molecule has 7 heteroatoms. The molecule has 0 aliphatic heterocycles. The number of hydrogen-bond acceptors (Lipinski definition) is 2. The van der Waals surface area contributed by atoms with Gasteiger partial charge in [-0.1, -0.05) is 218 Å². The Morgan fingerprint density at radius 3 is 1.22 bits per heavy atom. The van der Waals surface area contributed by atoms with E-state index in [0.29, 0.717) is 28.3 Å². The smallest absolute Gasteiger partial charge is 0.237 e. The zero-order valence-corrected chi connectivity index (χ0v) is 47.3. The van der Waals surface area contributed by atoms with Crippen molar-refractivity contribution in [2.24, 2.45) is 0 Å². The number of nitrogens with zero attached hydrogens (tertiary/aromatic N) is 6. The molecule has 400 valence electrons. The van der Waals surface area contributed by atoms with Crippen molar-refractivity contribution in [1.29, 1.82) is 5.26 Å².